The topological polar surface area (TPSA) is 24.9 Å². The van der Waals surface area contributed by atoms with Gasteiger partial charge in [-0.1, -0.05) is 18.3 Å². The van der Waals surface area contributed by atoms with Crippen molar-refractivity contribution in [2.24, 2.45) is 0 Å². The molecule has 1 N–H and O–H groups in total. The van der Waals surface area contributed by atoms with Gasteiger partial charge < -0.3 is 5.32 Å². The van der Waals surface area contributed by atoms with Crippen LogP contribution in [0.1, 0.15) is 13.3 Å². The van der Waals surface area contributed by atoms with Crippen LogP contribution in [-0.4, -0.2) is 11.5 Å². The lowest BCUT2D eigenvalue weighted by Gasteiger charge is -1.95. The summed E-state index contributed by atoms with van der Waals surface area (Å²) in [6, 6.07) is 2.15. The molecule has 0 amide bonds. The van der Waals surface area contributed by atoms with Gasteiger partial charge in [0.1, 0.15) is 11.3 Å². The van der Waals surface area contributed by atoms with Gasteiger partial charge in [0, 0.05) is 12.6 Å². The Kier molecular flexibility index (Phi) is 2.81. The van der Waals surface area contributed by atoms with Gasteiger partial charge in [0.05, 0.1) is 4.70 Å². The number of anilines is 1. The van der Waals surface area contributed by atoms with E-state index in [0.29, 0.717) is 9.83 Å². The predicted molar refractivity (Wildman–Crippen MR) is 58.3 cm³/mol. The lowest BCUT2D eigenvalue weighted by molar-refractivity contribution is 0.591. The number of thiazole rings is 1. The third-order valence-corrected chi connectivity index (χ3v) is 2.90. The van der Waals surface area contributed by atoms with Crippen LogP contribution >= 0.6 is 11.3 Å². The largest absolute Gasteiger partial charge is 0.361 e. The monoisotopic (exact) mass is 228 g/mol. The molecule has 80 valence electrons. The lowest BCUT2D eigenvalue weighted by atomic mass is 10.3. The molecule has 0 fully saturated rings. The summed E-state index contributed by atoms with van der Waals surface area (Å²) in [7, 11) is 0. The molecule has 0 unspecified atom stereocenters. The van der Waals surface area contributed by atoms with Gasteiger partial charge in [0.2, 0.25) is 0 Å². The van der Waals surface area contributed by atoms with E-state index in [2.05, 4.69) is 10.3 Å². The maximum Gasteiger partial charge on any atom is 0.183 e. The minimum atomic E-state index is -0.606. The Morgan fingerprint density at radius 3 is 2.93 bits per heavy atom. The van der Waals surface area contributed by atoms with Gasteiger partial charge in [0.15, 0.2) is 10.9 Å². The molecule has 0 bridgehead atoms. The first kappa shape index (κ1) is 10.3. The van der Waals surface area contributed by atoms with Gasteiger partial charge in [-0.05, 0) is 12.5 Å². The molecular weight excluding hydrogens is 218 g/mol. The number of nitrogens with zero attached hydrogens (tertiary/aromatic N) is 1. The molecule has 0 saturated heterocycles. The third kappa shape index (κ3) is 2.07. The molecule has 0 aliphatic carbocycles. The summed E-state index contributed by atoms with van der Waals surface area (Å²) in [4.78, 5) is 4.06. The molecule has 2 aromatic rings. The molecule has 0 radical (unpaired) electrons. The molecule has 0 aliphatic rings. The predicted octanol–water partition coefficient (Wildman–Crippen LogP) is 3.40. The number of nitrogens with one attached hydrogen (secondary N) is 1. The van der Waals surface area contributed by atoms with Gasteiger partial charge in [0.25, 0.3) is 0 Å². The van der Waals surface area contributed by atoms with Crippen molar-refractivity contribution in [1.29, 1.82) is 0 Å². The molecular formula is C10H10F2N2S. The maximum absolute atomic E-state index is 13.3. The van der Waals surface area contributed by atoms with Gasteiger partial charge in [-0.3, -0.25) is 0 Å². The summed E-state index contributed by atoms with van der Waals surface area (Å²) in [5.74, 6) is -1.17. The van der Waals surface area contributed by atoms with Crippen LogP contribution in [-0.2, 0) is 0 Å². The maximum atomic E-state index is 13.3. The van der Waals surface area contributed by atoms with E-state index < -0.39 is 11.6 Å². The molecule has 1 heterocycles. The summed E-state index contributed by atoms with van der Waals surface area (Å²) < 4.78 is 26.7. The van der Waals surface area contributed by atoms with Crippen LogP contribution in [0.15, 0.2) is 12.1 Å². The normalized spacial score (nSPS) is 10.9. The summed E-state index contributed by atoms with van der Waals surface area (Å²) in [5.41, 5.74) is 0.236. The number of halogens is 2. The number of fused-ring (bicyclic) bond motifs is 1. The van der Waals surface area contributed by atoms with Crippen LogP contribution in [0.2, 0.25) is 0 Å². The van der Waals surface area contributed by atoms with Crippen LogP contribution in [0, 0.1) is 11.6 Å². The fourth-order valence-corrected chi connectivity index (χ4v) is 2.20. The van der Waals surface area contributed by atoms with Gasteiger partial charge in [-0.2, -0.15) is 0 Å². The molecule has 1 aromatic carbocycles. The Balaban J connectivity index is 2.41. The lowest BCUT2D eigenvalue weighted by Crippen LogP contribution is -1.98. The van der Waals surface area contributed by atoms with Crippen LogP contribution in [0.4, 0.5) is 13.9 Å². The quantitative estimate of drug-likeness (QED) is 0.870. The third-order valence-electron chi connectivity index (χ3n) is 1.94. The van der Waals surface area contributed by atoms with Crippen molar-refractivity contribution in [1.82, 2.24) is 4.98 Å². The molecule has 0 atom stereocenters. The average molecular weight is 228 g/mol. The number of rotatable bonds is 3. The van der Waals surface area contributed by atoms with E-state index in [1.54, 1.807) is 0 Å². The molecule has 1 aromatic heterocycles. The fraction of sp³-hybridized carbons (Fsp3) is 0.300. The van der Waals surface area contributed by atoms with E-state index in [9.17, 15) is 8.78 Å². The zero-order valence-electron chi connectivity index (χ0n) is 8.18. The smallest absolute Gasteiger partial charge is 0.183 e. The summed E-state index contributed by atoms with van der Waals surface area (Å²) in [6.45, 7) is 2.81. The second-order valence-corrected chi connectivity index (χ2v) is 4.21. The Bertz CT molecular complexity index is 481. The Morgan fingerprint density at radius 1 is 1.40 bits per heavy atom. The van der Waals surface area contributed by atoms with Crippen molar-refractivity contribution in [3.8, 4) is 0 Å². The Hall–Kier alpha value is -1.23. The number of aromatic nitrogens is 1. The molecule has 15 heavy (non-hydrogen) atoms. The SMILES string of the molecule is CCCNc1nc2c(F)cc(F)cc2s1. The summed E-state index contributed by atoms with van der Waals surface area (Å²) in [6.07, 6.45) is 0.965. The first-order chi connectivity index (χ1) is 7.20. The highest BCUT2D eigenvalue weighted by Gasteiger charge is 2.09. The van der Waals surface area contributed by atoms with Crippen molar-refractivity contribution in [2.75, 3.05) is 11.9 Å². The molecule has 0 aliphatic heterocycles. The Labute approximate surface area is 89.9 Å². The van der Waals surface area contributed by atoms with Crippen LogP contribution in [0.25, 0.3) is 10.2 Å². The average Bonchev–Trinajstić information content (AvgIpc) is 2.57. The van der Waals surface area contributed by atoms with Gasteiger partial charge >= 0.3 is 0 Å². The summed E-state index contributed by atoms with van der Waals surface area (Å²) >= 11 is 1.26. The Morgan fingerprint density at radius 2 is 2.20 bits per heavy atom. The van der Waals surface area contributed by atoms with Crippen LogP contribution in [0.5, 0.6) is 0 Å². The first-order valence-electron chi connectivity index (χ1n) is 4.70. The van der Waals surface area contributed by atoms with Crippen molar-refractivity contribution in [2.45, 2.75) is 13.3 Å². The fourth-order valence-electron chi connectivity index (χ4n) is 1.26. The second-order valence-electron chi connectivity index (χ2n) is 3.18. The zero-order valence-corrected chi connectivity index (χ0v) is 9.00. The van der Waals surface area contributed by atoms with Crippen LogP contribution in [0.3, 0.4) is 0 Å². The highest BCUT2D eigenvalue weighted by Crippen LogP contribution is 2.28. The number of benzene rings is 1. The summed E-state index contributed by atoms with van der Waals surface area (Å²) in [5, 5.41) is 3.68. The second kappa shape index (κ2) is 4.10. The van der Waals surface area contributed by atoms with Crippen LogP contribution < -0.4 is 5.32 Å². The van der Waals surface area contributed by atoms with E-state index in [-0.39, 0.29) is 5.52 Å². The van der Waals surface area contributed by atoms with Crippen molar-refractivity contribution in [3.05, 3.63) is 23.8 Å². The highest BCUT2D eigenvalue weighted by atomic mass is 32.1. The van der Waals surface area contributed by atoms with Crippen molar-refractivity contribution < 1.29 is 8.78 Å². The molecule has 0 saturated carbocycles. The number of hydrogen-bond acceptors (Lipinski definition) is 3. The molecule has 2 nitrogen and oxygen atoms in total. The van der Waals surface area contributed by atoms with Gasteiger partial charge in [-0.15, -0.1) is 0 Å². The zero-order chi connectivity index (χ0) is 10.8. The van der Waals surface area contributed by atoms with Crippen molar-refractivity contribution in [3.63, 3.8) is 0 Å². The standard InChI is InChI=1S/C10H10F2N2S/c1-2-3-13-10-14-9-7(12)4-6(11)5-8(9)15-10/h4-5H,2-3H2,1H3,(H,13,14). The molecule has 0 spiro atoms. The van der Waals surface area contributed by atoms with E-state index in [0.717, 1.165) is 19.0 Å². The first-order valence-corrected chi connectivity index (χ1v) is 5.52. The van der Waals surface area contributed by atoms with Gasteiger partial charge in [-0.25, -0.2) is 13.8 Å². The van der Waals surface area contributed by atoms with E-state index in [1.165, 1.54) is 17.4 Å². The van der Waals surface area contributed by atoms with E-state index in [1.807, 2.05) is 6.92 Å². The minimum Gasteiger partial charge on any atom is -0.361 e. The molecule has 2 rings (SSSR count). The molecule has 5 heteroatoms. The number of hydrogen-bond donors (Lipinski definition) is 1. The minimum absolute atomic E-state index is 0.236. The van der Waals surface area contributed by atoms with Crippen molar-refractivity contribution >= 4 is 26.7 Å². The van der Waals surface area contributed by atoms with E-state index in [4.69, 9.17) is 0 Å². The highest BCUT2D eigenvalue weighted by molar-refractivity contribution is 7.22. The van der Waals surface area contributed by atoms with E-state index >= 15 is 0 Å².